The zero-order valence-electron chi connectivity index (χ0n) is 23.9. The number of rotatable bonds is 5. The molecule has 0 bridgehead atoms. The topological polar surface area (TPSA) is 46.6 Å². The van der Waals surface area contributed by atoms with Crippen LogP contribution in [0.3, 0.4) is 0 Å². The number of hydrogen-bond acceptors (Lipinski definition) is 4. The SMILES string of the molecule is CC(=O)[C@H]1[C@@H](C)C[C@H]2[C@@H]3CC=C4C[C@H](OC(=O)CCN5C[C@H](C)C[C@@H](C)C5)CC[C@]4(C)[C@H]3CC[C@@]21C. The summed E-state index contributed by atoms with van der Waals surface area (Å²) in [5.74, 6) is 4.71. The first-order chi connectivity index (χ1) is 17.0. The summed E-state index contributed by atoms with van der Waals surface area (Å²) < 4.78 is 6.06. The lowest BCUT2D eigenvalue weighted by Crippen LogP contribution is -2.51. The standard InChI is InChI=1S/C32H51NO3/c1-20-15-21(2)19-33(18-20)14-11-29(35)36-25-9-12-31(5)24(17-25)7-8-26-27(31)10-13-32(6)28(26)16-22(3)30(32)23(4)34/h7,20-22,25-28,30H,8-19H2,1-6H3/t20-,21-,22+,25-,26-,27+,28+,30-,31+,32+/m1/s1. The van der Waals surface area contributed by atoms with E-state index in [4.69, 9.17) is 4.74 Å². The number of hydrogen-bond donors (Lipinski definition) is 0. The van der Waals surface area contributed by atoms with Crippen molar-refractivity contribution in [3.63, 3.8) is 0 Å². The highest BCUT2D eigenvalue weighted by molar-refractivity contribution is 5.80. The van der Waals surface area contributed by atoms with Crippen molar-refractivity contribution in [3.8, 4) is 0 Å². The molecule has 5 aliphatic rings. The van der Waals surface area contributed by atoms with Gasteiger partial charge in [-0.1, -0.05) is 46.3 Å². The fraction of sp³-hybridized carbons (Fsp3) is 0.875. The first-order valence-electron chi connectivity index (χ1n) is 15.1. The second-order valence-corrected chi connectivity index (χ2v) is 14.4. The molecular formula is C32H51NO3. The van der Waals surface area contributed by atoms with Crippen molar-refractivity contribution >= 4 is 11.8 Å². The van der Waals surface area contributed by atoms with Gasteiger partial charge in [0.1, 0.15) is 11.9 Å². The molecule has 4 fully saturated rings. The Hall–Kier alpha value is -1.16. The molecule has 1 aliphatic heterocycles. The number of piperidine rings is 1. The molecule has 0 radical (unpaired) electrons. The average Bonchev–Trinajstić information content (AvgIpc) is 3.07. The Morgan fingerprint density at radius 3 is 2.44 bits per heavy atom. The summed E-state index contributed by atoms with van der Waals surface area (Å²) in [5.41, 5.74) is 1.99. The van der Waals surface area contributed by atoms with E-state index in [1.807, 2.05) is 6.92 Å². The molecule has 0 spiro atoms. The van der Waals surface area contributed by atoms with Crippen LogP contribution in [-0.4, -0.2) is 42.4 Å². The van der Waals surface area contributed by atoms with Gasteiger partial charge in [-0.3, -0.25) is 9.59 Å². The maximum absolute atomic E-state index is 12.8. The molecule has 10 atom stereocenters. The highest BCUT2D eigenvalue weighted by Crippen LogP contribution is 2.67. The van der Waals surface area contributed by atoms with Gasteiger partial charge in [-0.25, -0.2) is 0 Å². The molecule has 0 amide bonds. The predicted molar refractivity (Wildman–Crippen MR) is 144 cm³/mol. The van der Waals surface area contributed by atoms with E-state index >= 15 is 0 Å². The van der Waals surface area contributed by atoms with Crippen molar-refractivity contribution in [2.24, 2.45) is 52.3 Å². The largest absolute Gasteiger partial charge is 0.462 e. The van der Waals surface area contributed by atoms with E-state index in [1.54, 1.807) is 5.57 Å². The van der Waals surface area contributed by atoms with Gasteiger partial charge in [0.25, 0.3) is 0 Å². The first-order valence-corrected chi connectivity index (χ1v) is 15.1. The quantitative estimate of drug-likeness (QED) is 0.314. The molecule has 0 aromatic rings. The number of Topliss-reactive ketones (excluding diaryl/α,β-unsaturated/α-hetero) is 1. The number of carbonyl (C=O) groups excluding carboxylic acids is 2. The smallest absolute Gasteiger partial charge is 0.307 e. The van der Waals surface area contributed by atoms with Crippen LogP contribution in [0.5, 0.6) is 0 Å². The average molecular weight is 498 g/mol. The zero-order valence-corrected chi connectivity index (χ0v) is 23.9. The first kappa shape index (κ1) is 26.4. The summed E-state index contributed by atoms with van der Waals surface area (Å²) in [7, 11) is 0. The number of allylic oxidation sites excluding steroid dienone is 1. The van der Waals surface area contributed by atoms with E-state index in [9.17, 15) is 9.59 Å². The van der Waals surface area contributed by atoms with Crippen molar-refractivity contribution in [3.05, 3.63) is 11.6 Å². The number of likely N-dealkylation sites (tertiary alicyclic amines) is 1. The Kier molecular flexibility index (Phi) is 7.24. The molecule has 0 unspecified atom stereocenters. The normalized spacial score (nSPS) is 46.8. The summed E-state index contributed by atoms with van der Waals surface area (Å²) in [6.07, 6.45) is 12.3. The zero-order chi connectivity index (χ0) is 25.8. The van der Waals surface area contributed by atoms with Gasteiger partial charge >= 0.3 is 5.97 Å². The molecule has 0 aromatic carbocycles. The summed E-state index contributed by atoms with van der Waals surface area (Å²) in [4.78, 5) is 27.8. The van der Waals surface area contributed by atoms with Crippen LogP contribution in [0.25, 0.3) is 0 Å². The molecule has 0 N–H and O–H groups in total. The van der Waals surface area contributed by atoms with Crippen molar-refractivity contribution in [1.82, 2.24) is 4.90 Å². The Morgan fingerprint density at radius 2 is 1.75 bits per heavy atom. The number of carbonyl (C=O) groups is 2. The Balaban J connectivity index is 1.20. The van der Waals surface area contributed by atoms with Gasteiger partial charge in [-0.05, 0) is 98.2 Å². The minimum absolute atomic E-state index is 0.00702. The van der Waals surface area contributed by atoms with Crippen LogP contribution in [-0.2, 0) is 14.3 Å². The van der Waals surface area contributed by atoms with Gasteiger partial charge in [0.2, 0.25) is 0 Å². The van der Waals surface area contributed by atoms with E-state index in [1.165, 1.54) is 25.7 Å². The van der Waals surface area contributed by atoms with Gasteiger partial charge in [0.05, 0.1) is 6.42 Å². The fourth-order valence-corrected chi connectivity index (χ4v) is 10.4. The third-order valence-corrected chi connectivity index (χ3v) is 11.7. The third-order valence-electron chi connectivity index (χ3n) is 11.7. The van der Waals surface area contributed by atoms with Crippen molar-refractivity contribution < 1.29 is 14.3 Å². The van der Waals surface area contributed by atoms with Crippen molar-refractivity contribution in [2.75, 3.05) is 19.6 Å². The maximum atomic E-state index is 12.8. The molecule has 4 aliphatic carbocycles. The van der Waals surface area contributed by atoms with Crippen molar-refractivity contribution in [1.29, 1.82) is 0 Å². The van der Waals surface area contributed by atoms with Gasteiger partial charge in [0.15, 0.2) is 0 Å². The van der Waals surface area contributed by atoms with Crippen LogP contribution >= 0.6 is 0 Å². The Morgan fingerprint density at radius 1 is 1.03 bits per heavy atom. The van der Waals surface area contributed by atoms with Crippen molar-refractivity contribution in [2.45, 2.75) is 105 Å². The molecule has 0 aromatic heterocycles. The molecule has 4 nitrogen and oxygen atoms in total. The van der Waals surface area contributed by atoms with Gasteiger partial charge in [-0.15, -0.1) is 0 Å². The molecule has 1 saturated heterocycles. The summed E-state index contributed by atoms with van der Waals surface area (Å²) in [6.45, 7) is 16.8. The Bertz CT molecular complexity index is 886. The molecular weight excluding hydrogens is 446 g/mol. The minimum Gasteiger partial charge on any atom is -0.462 e. The lowest BCUT2D eigenvalue weighted by Gasteiger charge is -2.58. The van der Waals surface area contributed by atoms with Crippen LogP contribution in [0.15, 0.2) is 11.6 Å². The van der Waals surface area contributed by atoms with Crippen LogP contribution in [0.1, 0.15) is 99.3 Å². The molecule has 4 heteroatoms. The molecule has 36 heavy (non-hydrogen) atoms. The monoisotopic (exact) mass is 497 g/mol. The Labute approximate surface area is 220 Å². The van der Waals surface area contributed by atoms with Crippen LogP contribution in [0.2, 0.25) is 0 Å². The minimum atomic E-state index is -0.00702. The summed E-state index contributed by atoms with van der Waals surface area (Å²) in [6, 6.07) is 0. The van der Waals surface area contributed by atoms with E-state index < -0.39 is 0 Å². The van der Waals surface area contributed by atoms with E-state index in [2.05, 4.69) is 45.6 Å². The lowest BCUT2D eigenvalue weighted by molar-refractivity contribution is -0.152. The van der Waals surface area contributed by atoms with E-state index in [0.717, 1.165) is 57.2 Å². The second-order valence-electron chi connectivity index (χ2n) is 14.4. The summed E-state index contributed by atoms with van der Waals surface area (Å²) >= 11 is 0. The lowest BCUT2D eigenvalue weighted by atomic mass is 9.47. The number of fused-ring (bicyclic) bond motifs is 5. The number of ketones is 1. The molecule has 1 heterocycles. The highest BCUT2D eigenvalue weighted by Gasteiger charge is 2.61. The molecule has 3 saturated carbocycles. The summed E-state index contributed by atoms with van der Waals surface area (Å²) in [5, 5.41) is 0. The second kappa shape index (κ2) is 9.86. The third kappa shape index (κ3) is 4.63. The molecule has 202 valence electrons. The van der Waals surface area contributed by atoms with E-state index in [0.29, 0.717) is 35.9 Å². The number of ether oxygens (including phenoxy) is 1. The maximum Gasteiger partial charge on any atom is 0.307 e. The van der Waals surface area contributed by atoms with Gasteiger partial charge < -0.3 is 9.64 Å². The molecule has 5 rings (SSSR count). The van der Waals surface area contributed by atoms with Crippen LogP contribution in [0.4, 0.5) is 0 Å². The van der Waals surface area contributed by atoms with Gasteiger partial charge in [-0.2, -0.15) is 0 Å². The van der Waals surface area contributed by atoms with Crippen LogP contribution in [0, 0.1) is 52.3 Å². The fourth-order valence-electron chi connectivity index (χ4n) is 10.4. The predicted octanol–water partition coefficient (Wildman–Crippen LogP) is 6.68. The van der Waals surface area contributed by atoms with Crippen LogP contribution < -0.4 is 0 Å². The van der Waals surface area contributed by atoms with Gasteiger partial charge in [0, 0.05) is 32.0 Å². The number of nitrogens with zero attached hydrogens (tertiary/aromatic N) is 1. The number of esters is 1. The highest BCUT2D eigenvalue weighted by atomic mass is 16.5. The van der Waals surface area contributed by atoms with E-state index in [-0.39, 0.29) is 28.8 Å².